The molecule has 2 aliphatic heterocycles. The van der Waals surface area contributed by atoms with Gasteiger partial charge in [0.1, 0.15) is 0 Å². The summed E-state index contributed by atoms with van der Waals surface area (Å²) in [5.41, 5.74) is 1.33. The van der Waals surface area contributed by atoms with Crippen LogP contribution in [0.5, 0.6) is 0 Å². The van der Waals surface area contributed by atoms with Gasteiger partial charge in [-0.3, -0.25) is 0 Å². The highest BCUT2D eigenvalue weighted by atomic mass is 79.9. The van der Waals surface area contributed by atoms with E-state index in [1.807, 2.05) is 18.2 Å². The van der Waals surface area contributed by atoms with Gasteiger partial charge in [-0.2, -0.15) is 0 Å². The number of carbonyl (C=O) groups is 1. The predicted octanol–water partition coefficient (Wildman–Crippen LogP) is 1.42. The molecule has 3 rings (SSSR count). The molecule has 2 heterocycles. The standard InChI is InChI=1S/C10H8BrNO2/c11-6-1-2-7-8(3-6)10(4-12-5-10)14-9(7)13/h1-3,12H,4-5H2. The predicted molar refractivity (Wildman–Crippen MR) is 54.1 cm³/mol. The van der Waals surface area contributed by atoms with Crippen molar-refractivity contribution in [3.63, 3.8) is 0 Å². The van der Waals surface area contributed by atoms with Crippen LogP contribution >= 0.6 is 15.9 Å². The normalized spacial score (nSPS) is 21.6. The molecule has 3 nitrogen and oxygen atoms in total. The lowest BCUT2D eigenvalue weighted by atomic mass is 9.87. The summed E-state index contributed by atoms with van der Waals surface area (Å²) >= 11 is 3.40. The van der Waals surface area contributed by atoms with E-state index in [4.69, 9.17) is 4.74 Å². The third-order valence-corrected chi connectivity index (χ3v) is 3.29. The first-order valence-electron chi connectivity index (χ1n) is 4.45. The van der Waals surface area contributed by atoms with Gasteiger partial charge in [-0.25, -0.2) is 4.79 Å². The highest BCUT2D eigenvalue weighted by Gasteiger charge is 2.50. The summed E-state index contributed by atoms with van der Waals surface area (Å²) in [4.78, 5) is 11.5. The second kappa shape index (κ2) is 2.58. The van der Waals surface area contributed by atoms with Crippen molar-refractivity contribution in [3.05, 3.63) is 33.8 Å². The molecule has 0 saturated carbocycles. The Morgan fingerprint density at radius 3 is 2.86 bits per heavy atom. The van der Waals surface area contributed by atoms with E-state index >= 15 is 0 Å². The fourth-order valence-corrected chi connectivity index (χ4v) is 2.33. The third-order valence-electron chi connectivity index (χ3n) is 2.80. The Hall–Kier alpha value is -0.870. The van der Waals surface area contributed by atoms with Crippen molar-refractivity contribution in [2.75, 3.05) is 13.1 Å². The van der Waals surface area contributed by atoms with Crippen LogP contribution in [0.3, 0.4) is 0 Å². The van der Waals surface area contributed by atoms with Gasteiger partial charge in [-0.05, 0) is 18.2 Å². The van der Waals surface area contributed by atoms with Gasteiger partial charge in [0.25, 0.3) is 0 Å². The van der Waals surface area contributed by atoms with Gasteiger partial charge in [0, 0.05) is 23.1 Å². The number of esters is 1. The van der Waals surface area contributed by atoms with Crippen LogP contribution in [-0.2, 0) is 10.3 Å². The summed E-state index contributed by atoms with van der Waals surface area (Å²) in [5, 5.41) is 3.13. The van der Waals surface area contributed by atoms with Crippen molar-refractivity contribution in [2.45, 2.75) is 5.60 Å². The van der Waals surface area contributed by atoms with Crippen molar-refractivity contribution < 1.29 is 9.53 Å². The number of hydrogen-bond donors (Lipinski definition) is 1. The molecule has 0 amide bonds. The Kier molecular flexibility index (Phi) is 1.56. The largest absolute Gasteiger partial charge is 0.448 e. The molecule has 0 atom stereocenters. The lowest BCUT2D eigenvalue weighted by Gasteiger charge is -2.38. The molecule has 1 spiro atoms. The monoisotopic (exact) mass is 253 g/mol. The molecule has 2 aliphatic rings. The summed E-state index contributed by atoms with van der Waals surface area (Å²) in [6.45, 7) is 1.45. The Morgan fingerprint density at radius 2 is 2.21 bits per heavy atom. The van der Waals surface area contributed by atoms with E-state index in [0.29, 0.717) is 5.56 Å². The number of rotatable bonds is 0. The summed E-state index contributed by atoms with van der Waals surface area (Å²) in [5.74, 6) is -0.200. The molecule has 72 valence electrons. The van der Waals surface area contributed by atoms with Crippen LogP contribution in [0.25, 0.3) is 0 Å². The van der Waals surface area contributed by atoms with E-state index < -0.39 is 0 Å². The zero-order valence-corrected chi connectivity index (χ0v) is 8.93. The van der Waals surface area contributed by atoms with Crippen molar-refractivity contribution in [3.8, 4) is 0 Å². The minimum atomic E-state index is -0.379. The maximum Gasteiger partial charge on any atom is 0.339 e. The fourth-order valence-electron chi connectivity index (χ4n) is 1.97. The molecule has 1 aromatic rings. The average molecular weight is 254 g/mol. The molecule has 1 aromatic carbocycles. The summed E-state index contributed by atoms with van der Waals surface area (Å²) in [6.07, 6.45) is 0. The van der Waals surface area contributed by atoms with Crippen LogP contribution in [0.4, 0.5) is 0 Å². The molecule has 0 aliphatic carbocycles. The van der Waals surface area contributed by atoms with Gasteiger partial charge >= 0.3 is 5.97 Å². The van der Waals surface area contributed by atoms with Crippen LogP contribution in [-0.4, -0.2) is 19.1 Å². The second-order valence-electron chi connectivity index (χ2n) is 3.68. The summed E-state index contributed by atoms with van der Waals surface area (Å²) in [6, 6.07) is 5.65. The lowest BCUT2D eigenvalue weighted by molar-refractivity contribution is -0.0369. The topological polar surface area (TPSA) is 38.3 Å². The maximum atomic E-state index is 11.5. The molecular weight excluding hydrogens is 246 g/mol. The first-order chi connectivity index (χ1) is 6.71. The Labute approximate surface area is 89.6 Å². The van der Waals surface area contributed by atoms with E-state index in [0.717, 1.165) is 23.1 Å². The van der Waals surface area contributed by atoms with Crippen LogP contribution in [0.1, 0.15) is 15.9 Å². The first-order valence-corrected chi connectivity index (χ1v) is 5.25. The van der Waals surface area contributed by atoms with Crippen molar-refractivity contribution in [1.82, 2.24) is 5.32 Å². The highest BCUT2D eigenvalue weighted by Crippen LogP contribution is 2.40. The van der Waals surface area contributed by atoms with E-state index in [1.165, 1.54) is 0 Å². The quantitative estimate of drug-likeness (QED) is 0.711. The van der Waals surface area contributed by atoms with Crippen molar-refractivity contribution in [1.29, 1.82) is 0 Å². The molecule has 0 radical (unpaired) electrons. The first kappa shape index (κ1) is 8.44. The van der Waals surface area contributed by atoms with E-state index in [9.17, 15) is 4.79 Å². The van der Waals surface area contributed by atoms with Gasteiger partial charge < -0.3 is 10.1 Å². The van der Waals surface area contributed by atoms with E-state index in [2.05, 4.69) is 21.2 Å². The molecule has 1 N–H and O–H groups in total. The number of halogens is 1. The van der Waals surface area contributed by atoms with Crippen LogP contribution in [0.15, 0.2) is 22.7 Å². The smallest absolute Gasteiger partial charge is 0.339 e. The Morgan fingerprint density at radius 1 is 1.43 bits per heavy atom. The maximum absolute atomic E-state index is 11.5. The Bertz CT molecular complexity index is 426. The summed E-state index contributed by atoms with van der Waals surface area (Å²) < 4.78 is 6.37. The fraction of sp³-hybridized carbons (Fsp3) is 0.300. The van der Waals surface area contributed by atoms with Crippen molar-refractivity contribution in [2.24, 2.45) is 0 Å². The molecule has 4 heteroatoms. The number of ether oxygens (including phenoxy) is 1. The zero-order chi connectivity index (χ0) is 9.76. The van der Waals surface area contributed by atoms with Gasteiger partial charge in [-0.15, -0.1) is 0 Å². The number of fused-ring (bicyclic) bond motifs is 2. The minimum absolute atomic E-state index is 0.200. The highest BCUT2D eigenvalue weighted by molar-refractivity contribution is 9.10. The van der Waals surface area contributed by atoms with E-state index in [-0.39, 0.29) is 11.6 Å². The van der Waals surface area contributed by atoms with Gasteiger partial charge in [-0.1, -0.05) is 15.9 Å². The molecule has 0 aromatic heterocycles. The second-order valence-corrected chi connectivity index (χ2v) is 4.59. The van der Waals surface area contributed by atoms with E-state index in [1.54, 1.807) is 0 Å². The molecule has 14 heavy (non-hydrogen) atoms. The number of benzene rings is 1. The summed E-state index contributed by atoms with van der Waals surface area (Å²) in [7, 11) is 0. The zero-order valence-electron chi connectivity index (χ0n) is 7.34. The van der Waals surface area contributed by atoms with Crippen LogP contribution in [0.2, 0.25) is 0 Å². The molecule has 0 bridgehead atoms. The minimum Gasteiger partial charge on any atom is -0.448 e. The lowest BCUT2D eigenvalue weighted by Crippen LogP contribution is -2.56. The molecule has 0 unspecified atom stereocenters. The number of hydrogen-bond acceptors (Lipinski definition) is 3. The SMILES string of the molecule is O=C1OC2(CNC2)c2cc(Br)ccc21. The van der Waals surface area contributed by atoms with Crippen LogP contribution < -0.4 is 5.32 Å². The number of carbonyl (C=O) groups excluding carboxylic acids is 1. The molecular formula is C10H8BrNO2. The Balaban J connectivity index is 2.20. The van der Waals surface area contributed by atoms with Gasteiger partial charge in [0.2, 0.25) is 0 Å². The van der Waals surface area contributed by atoms with Gasteiger partial charge in [0.05, 0.1) is 5.56 Å². The number of nitrogens with one attached hydrogen (secondary N) is 1. The molecule has 1 fully saturated rings. The van der Waals surface area contributed by atoms with Crippen LogP contribution in [0, 0.1) is 0 Å². The van der Waals surface area contributed by atoms with Gasteiger partial charge in [0.15, 0.2) is 5.60 Å². The molecule has 1 saturated heterocycles. The average Bonchev–Trinajstić information content (AvgIpc) is 2.38. The third kappa shape index (κ3) is 0.925. The van der Waals surface area contributed by atoms with Crippen molar-refractivity contribution >= 4 is 21.9 Å².